The van der Waals surface area contributed by atoms with E-state index in [-0.39, 0.29) is 18.0 Å². The van der Waals surface area contributed by atoms with Gasteiger partial charge < -0.3 is 9.80 Å². The van der Waals surface area contributed by atoms with Gasteiger partial charge in [0.05, 0.1) is 6.04 Å². The van der Waals surface area contributed by atoms with Crippen LogP contribution in [0.5, 0.6) is 0 Å². The number of hydrogen-bond acceptors (Lipinski definition) is 3. The smallest absolute Gasteiger partial charge is 0.246 e. The molecule has 1 aliphatic rings. The SMILES string of the molecule is C=CN(C)C(C(=O)N1CCCC1C(=C)CCCC(C)CCC(C)C(=C)SC)C(C)CC. The van der Waals surface area contributed by atoms with E-state index in [2.05, 4.69) is 58.6 Å². The van der Waals surface area contributed by atoms with Gasteiger partial charge in [-0.15, -0.1) is 11.8 Å². The van der Waals surface area contributed by atoms with E-state index in [1.54, 1.807) is 18.0 Å². The first-order chi connectivity index (χ1) is 14.7. The van der Waals surface area contributed by atoms with Crippen LogP contribution in [0.15, 0.2) is 36.4 Å². The van der Waals surface area contributed by atoms with Crippen molar-refractivity contribution >= 4 is 17.7 Å². The molecule has 0 spiro atoms. The number of allylic oxidation sites excluding steroid dienone is 1. The Morgan fingerprint density at radius 3 is 2.48 bits per heavy atom. The molecule has 1 fully saturated rings. The van der Waals surface area contributed by atoms with E-state index >= 15 is 0 Å². The molecule has 1 rings (SSSR count). The van der Waals surface area contributed by atoms with Crippen molar-refractivity contribution in [3.05, 3.63) is 36.4 Å². The summed E-state index contributed by atoms with van der Waals surface area (Å²) < 4.78 is 0. The van der Waals surface area contributed by atoms with Crippen LogP contribution in [-0.2, 0) is 4.79 Å². The van der Waals surface area contributed by atoms with Crippen molar-refractivity contribution in [2.24, 2.45) is 17.8 Å². The van der Waals surface area contributed by atoms with Crippen molar-refractivity contribution in [1.29, 1.82) is 0 Å². The van der Waals surface area contributed by atoms with Gasteiger partial charge in [0.2, 0.25) is 5.91 Å². The molecule has 3 nitrogen and oxygen atoms in total. The lowest BCUT2D eigenvalue weighted by Gasteiger charge is -2.36. The third-order valence-corrected chi connectivity index (χ3v) is 8.20. The van der Waals surface area contributed by atoms with E-state index in [1.165, 1.54) is 29.7 Å². The number of thioether (sulfide) groups is 1. The quantitative estimate of drug-likeness (QED) is 0.249. The molecular formula is C27H48N2OS. The molecule has 1 heterocycles. The predicted octanol–water partition coefficient (Wildman–Crippen LogP) is 7.12. The number of rotatable bonds is 15. The third kappa shape index (κ3) is 8.36. The molecule has 0 aliphatic carbocycles. The van der Waals surface area contributed by atoms with Crippen molar-refractivity contribution in [2.75, 3.05) is 19.8 Å². The van der Waals surface area contributed by atoms with Crippen molar-refractivity contribution in [3.63, 3.8) is 0 Å². The number of amides is 1. The van der Waals surface area contributed by atoms with E-state index in [0.717, 1.165) is 44.6 Å². The molecule has 0 aromatic rings. The Hall–Kier alpha value is -1.16. The minimum atomic E-state index is -0.131. The molecule has 178 valence electrons. The summed E-state index contributed by atoms with van der Waals surface area (Å²) in [5.41, 5.74) is 1.24. The maximum absolute atomic E-state index is 13.5. The fourth-order valence-electron chi connectivity index (χ4n) is 4.67. The fraction of sp³-hybridized carbons (Fsp3) is 0.741. The molecule has 0 aromatic heterocycles. The van der Waals surface area contributed by atoms with E-state index in [9.17, 15) is 4.79 Å². The lowest BCUT2D eigenvalue weighted by molar-refractivity contribution is -0.137. The van der Waals surface area contributed by atoms with Gasteiger partial charge in [0.15, 0.2) is 0 Å². The minimum Gasteiger partial charge on any atom is -0.369 e. The summed E-state index contributed by atoms with van der Waals surface area (Å²) in [4.78, 5) is 18.9. The first-order valence-electron chi connectivity index (χ1n) is 12.2. The lowest BCUT2D eigenvalue weighted by Crippen LogP contribution is -2.50. The molecule has 1 saturated heterocycles. The maximum Gasteiger partial charge on any atom is 0.246 e. The number of likely N-dealkylation sites (N-methyl/N-ethyl adjacent to an activating group) is 1. The highest BCUT2D eigenvalue weighted by Crippen LogP contribution is 2.30. The number of hydrogen-bond donors (Lipinski definition) is 0. The zero-order valence-corrected chi connectivity index (χ0v) is 22.0. The highest BCUT2D eigenvalue weighted by Gasteiger charge is 2.37. The Morgan fingerprint density at radius 2 is 1.90 bits per heavy atom. The van der Waals surface area contributed by atoms with Crippen LogP contribution in [0.25, 0.3) is 0 Å². The molecule has 31 heavy (non-hydrogen) atoms. The summed E-state index contributed by atoms with van der Waals surface area (Å²) in [6, 6.07) is 0.0754. The lowest BCUT2D eigenvalue weighted by atomic mass is 9.91. The Morgan fingerprint density at radius 1 is 1.23 bits per heavy atom. The first-order valence-corrected chi connectivity index (χ1v) is 13.5. The van der Waals surface area contributed by atoms with Crippen LogP contribution in [0, 0.1) is 17.8 Å². The van der Waals surface area contributed by atoms with Gasteiger partial charge in [0.25, 0.3) is 0 Å². The van der Waals surface area contributed by atoms with Gasteiger partial charge in [0, 0.05) is 13.6 Å². The van der Waals surface area contributed by atoms with Crippen molar-refractivity contribution in [1.82, 2.24) is 9.80 Å². The Labute approximate surface area is 197 Å². The number of likely N-dealkylation sites (tertiary alicyclic amines) is 1. The monoisotopic (exact) mass is 448 g/mol. The summed E-state index contributed by atoms with van der Waals surface area (Å²) in [6.07, 6.45) is 12.9. The van der Waals surface area contributed by atoms with E-state index < -0.39 is 0 Å². The molecule has 0 bridgehead atoms. The Bertz CT molecular complexity index is 602. The van der Waals surface area contributed by atoms with Crippen LogP contribution >= 0.6 is 11.8 Å². The highest BCUT2D eigenvalue weighted by atomic mass is 32.2. The van der Waals surface area contributed by atoms with E-state index in [4.69, 9.17) is 0 Å². The van der Waals surface area contributed by atoms with E-state index in [0.29, 0.717) is 11.8 Å². The average molecular weight is 449 g/mol. The predicted molar refractivity (Wildman–Crippen MR) is 139 cm³/mol. The van der Waals surface area contributed by atoms with Crippen molar-refractivity contribution < 1.29 is 4.79 Å². The summed E-state index contributed by atoms with van der Waals surface area (Å²) in [7, 11) is 1.97. The molecule has 5 unspecified atom stereocenters. The van der Waals surface area contributed by atoms with Crippen molar-refractivity contribution in [2.45, 2.75) is 91.1 Å². The zero-order valence-electron chi connectivity index (χ0n) is 21.2. The summed E-state index contributed by atoms with van der Waals surface area (Å²) >= 11 is 1.78. The Balaban J connectivity index is 2.57. The van der Waals surface area contributed by atoms with Crippen LogP contribution in [0.4, 0.5) is 0 Å². The van der Waals surface area contributed by atoms with E-state index in [1.807, 2.05) is 11.9 Å². The molecule has 1 amide bonds. The molecular weight excluding hydrogens is 400 g/mol. The van der Waals surface area contributed by atoms with Gasteiger partial charge in [-0.25, -0.2) is 0 Å². The topological polar surface area (TPSA) is 23.6 Å². The standard InChI is InChI=1S/C27H48N2OS/c1-10-21(4)26(28(8)11-2)27(30)29-19-13-16-25(29)23(6)15-12-14-20(3)17-18-22(5)24(7)31-9/h11,20-22,25-26H,2,6-7,10,12-19H2,1,3-5,8-9H3. The second-order valence-electron chi connectivity index (χ2n) is 9.67. The summed E-state index contributed by atoms with van der Waals surface area (Å²) in [5.74, 6) is 1.87. The summed E-state index contributed by atoms with van der Waals surface area (Å²) in [5, 5.41) is 0. The van der Waals surface area contributed by atoms with Gasteiger partial charge in [-0.1, -0.05) is 72.3 Å². The third-order valence-electron chi connectivity index (χ3n) is 7.27. The normalized spacial score (nSPS) is 20.1. The highest BCUT2D eigenvalue weighted by molar-refractivity contribution is 8.02. The van der Waals surface area contributed by atoms with Crippen LogP contribution in [0.2, 0.25) is 0 Å². The molecule has 4 heteroatoms. The van der Waals surface area contributed by atoms with Gasteiger partial charge in [0.1, 0.15) is 6.04 Å². The van der Waals surface area contributed by atoms with Gasteiger partial charge in [-0.05, 0) is 67.2 Å². The summed E-state index contributed by atoms with van der Waals surface area (Å²) in [6.45, 7) is 22.3. The van der Waals surface area contributed by atoms with Gasteiger partial charge in [-0.3, -0.25) is 4.79 Å². The van der Waals surface area contributed by atoms with Crippen LogP contribution in [-0.4, -0.2) is 47.6 Å². The van der Waals surface area contributed by atoms with Crippen molar-refractivity contribution in [3.8, 4) is 0 Å². The Kier molecular flexibility index (Phi) is 12.7. The van der Waals surface area contributed by atoms with Gasteiger partial charge >= 0.3 is 0 Å². The molecule has 0 saturated carbocycles. The van der Waals surface area contributed by atoms with Crippen LogP contribution in [0.3, 0.4) is 0 Å². The van der Waals surface area contributed by atoms with Crippen LogP contribution in [0.1, 0.15) is 79.1 Å². The maximum atomic E-state index is 13.5. The average Bonchev–Trinajstić information content (AvgIpc) is 3.26. The number of carbonyl (C=O) groups is 1. The largest absolute Gasteiger partial charge is 0.369 e. The molecule has 0 N–H and O–H groups in total. The number of nitrogens with zero attached hydrogens (tertiary/aromatic N) is 2. The zero-order chi connectivity index (χ0) is 23.6. The van der Waals surface area contributed by atoms with Gasteiger partial charge in [-0.2, -0.15) is 0 Å². The first kappa shape index (κ1) is 27.9. The fourth-order valence-corrected chi connectivity index (χ4v) is 5.19. The molecule has 1 aliphatic heterocycles. The molecule has 5 atom stereocenters. The molecule has 0 aromatic carbocycles. The number of carbonyl (C=O) groups excluding carboxylic acids is 1. The van der Waals surface area contributed by atoms with Crippen LogP contribution < -0.4 is 0 Å². The second kappa shape index (κ2) is 14.1. The second-order valence-corrected chi connectivity index (χ2v) is 10.6. The minimum absolute atomic E-state index is 0.131. The molecule has 0 radical (unpaired) electrons.